The first kappa shape index (κ1) is 16.6. The van der Waals surface area contributed by atoms with E-state index in [4.69, 9.17) is 0 Å². The lowest BCUT2D eigenvalue weighted by atomic mass is 10.2. The highest BCUT2D eigenvalue weighted by atomic mass is 19.3. The number of nitrogens with zero attached hydrogens (tertiary/aromatic N) is 4. The highest BCUT2D eigenvalue weighted by Crippen LogP contribution is 2.17. The van der Waals surface area contributed by atoms with Crippen molar-refractivity contribution in [3.63, 3.8) is 0 Å². The molecule has 0 radical (unpaired) electrons. The molecular weight excluding hydrogens is 316 g/mol. The van der Waals surface area contributed by atoms with Crippen LogP contribution in [0, 0.1) is 6.92 Å². The topological polar surface area (TPSA) is 79.7 Å². The molecule has 0 saturated carbocycles. The summed E-state index contributed by atoms with van der Waals surface area (Å²) in [5.74, 6) is 1.17. The molecule has 0 aromatic carbocycles. The van der Waals surface area contributed by atoms with Crippen molar-refractivity contribution in [2.45, 2.75) is 38.8 Å². The third-order valence-electron chi connectivity index (χ3n) is 3.86. The Morgan fingerprint density at radius 3 is 3.04 bits per heavy atom. The Balaban J connectivity index is 1.63. The maximum Gasteiger partial charge on any atom is 0.257 e. The predicted octanol–water partition coefficient (Wildman–Crippen LogP) is 2.15. The van der Waals surface area contributed by atoms with Crippen LogP contribution in [0.5, 0.6) is 0 Å². The normalized spacial score (nSPS) is 17.4. The Bertz CT molecular complexity index is 668. The van der Waals surface area contributed by atoms with Crippen LogP contribution >= 0.6 is 0 Å². The highest BCUT2D eigenvalue weighted by molar-refractivity contribution is 5.54. The number of aryl methyl sites for hydroxylation is 1. The van der Waals surface area contributed by atoms with Crippen molar-refractivity contribution < 1.29 is 8.78 Å². The first-order chi connectivity index (χ1) is 11.6. The number of hydrogen-bond acceptors (Lipinski definition) is 6. The maximum atomic E-state index is 12.3. The van der Waals surface area contributed by atoms with Gasteiger partial charge in [0.2, 0.25) is 5.95 Å². The fourth-order valence-corrected chi connectivity index (χ4v) is 2.63. The van der Waals surface area contributed by atoms with E-state index in [1.54, 1.807) is 6.20 Å². The van der Waals surface area contributed by atoms with E-state index in [1.807, 2.05) is 6.92 Å². The molecule has 0 bridgehead atoms. The van der Waals surface area contributed by atoms with Crippen molar-refractivity contribution >= 4 is 17.5 Å². The number of halogens is 2. The van der Waals surface area contributed by atoms with Gasteiger partial charge in [-0.2, -0.15) is 10.1 Å². The van der Waals surface area contributed by atoms with Crippen LogP contribution in [-0.2, 0) is 6.54 Å². The van der Waals surface area contributed by atoms with Gasteiger partial charge >= 0.3 is 0 Å². The third-order valence-corrected chi connectivity index (χ3v) is 3.86. The van der Waals surface area contributed by atoms with E-state index in [0.29, 0.717) is 17.7 Å². The second-order valence-electron chi connectivity index (χ2n) is 5.87. The number of nitrogens with one attached hydrogen (secondary N) is 3. The second-order valence-corrected chi connectivity index (χ2v) is 5.87. The van der Waals surface area contributed by atoms with Crippen LogP contribution in [0.15, 0.2) is 18.6 Å². The van der Waals surface area contributed by atoms with E-state index in [9.17, 15) is 8.78 Å². The van der Waals surface area contributed by atoms with Crippen LogP contribution in [-0.4, -0.2) is 45.3 Å². The minimum atomic E-state index is -2.44. The smallest absolute Gasteiger partial charge is 0.257 e. The Morgan fingerprint density at radius 2 is 2.29 bits per heavy atom. The third kappa shape index (κ3) is 4.38. The molecule has 3 rings (SSSR count). The Labute approximate surface area is 138 Å². The SMILES string of the molecule is Cc1cnc(Nc2cnn(CC(F)F)c2)nc1NC[C@H]1CCCN1. The minimum Gasteiger partial charge on any atom is -0.368 e. The first-order valence-corrected chi connectivity index (χ1v) is 7.98. The van der Waals surface area contributed by atoms with Crippen LogP contribution in [0.1, 0.15) is 18.4 Å². The molecule has 0 spiro atoms. The van der Waals surface area contributed by atoms with Crippen molar-refractivity contribution in [1.29, 1.82) is 0 Å². The molecule has 0 amide bonds. The van der Waals surface area contributed by atoms with E-state index < -0.39 is 13.0 Å². The molecule has 1 aliphatic heterocycles. The van der Waals surface area contributed by atoms with E-state index in [2.05, 4.69) is 31.0 Å². The summed E-state index contributed by atoms with van der Waals surface area (Å²) in [6, 6.07) is 0.461. The summed E-state index contributed by atoms with van der Waals surface area (Å²) in [5, 5.41) is 13.6. The molecule has 1 aliphatic rings. The van der Waals surface area contributed by atoms with Gasteiger partial charge in [0, 0.05) is 30.5 Å². The van der Waals surface area contributed by atoms with E-state index in [-0.39, 0.29) is 0 Å². The molecule has 3 heterocycles. The van der Waals surface area contributed by atoms with Gasteiger partial charge in [0.1, 0.15) is 12.4 Å². The minimum absolute atomic E-state index is 0.402. The molecule has 9 heteroatoms. The largest absolute Gasteiger partial charge is 0.368 e. The summed E-state index contributed by atoms with van der Waals surface area (Å²) in [4.78, 5) is 8.67. The van der Waals surface area contributed by atoms with Gasteiger partial charge in [0.15, 0.2) is 0 Å². The molecule has 24 heavy (non-hydrogen) atoms. The summed E-state index contributed by atoms with van der Waals surface area (Å²) in [6.07, 6.45) is 4.62. The van der Waals surface area contributed by atoms with Gasteiger partial charge < -0.3 is 16.0 Å². The van der Waals surface area contributed by atoms with E-state index in [1.165, 1.54) is 23.5 Å². The predicted molar refractivity (Wildman–Crippen MR) is 87.8 cm³/mol. The van der Waals surface area contributed by atoms with Crippen molar-refractivity contribution in [2.75, 3.05) is 23.7 Å². The molecule has 0 aliphatic carbocycles. The lowest BCUT2D eigenvalue weighted by molar-refractivity contribution is 0.122. The van der Waals surface area contributed by atoms with Crippen molar-refractivity contribution in [3.05, 3.63) is 24.2 Å². The molecule has 130 valence electrons. The van der Waals surface area contributed by atoms with Crippen LogP contribution in [0.3, 0.4) is 0 Å². The molecule has 7 nitrogen and oxygen atoms in total. The summed E-state index contributed by atoms with van der Waals surface area (Å²) in [6.45, 7) is 3.38. The van der Waals surface area contributed by atoms with Crippen LogP contribution < -0.4 is 16.0 Å². The van der Waals surface area contributed by atoms with Crippen molar-refractivity contribution in [2.24, 2.45) is 0 Å². The average Bonchev–Trinajstić information content (AvgIpc) is 3.19. The summed E-state index contributed by atoms with van der Waals surface area (Å²) < 4.78 is 25.9. The number of anilines is 3. The lowest BCUT2D eigenvalue weighted by Gasteiger charge is -2.14. The Morgan fingerprint density at radius 1 is 1.42 bits per heavy atom. The fourth-order valence-electron chi connectivity index (χ4n) is 2.63. The Hall–Kier alpha value is -2.29. The first-order valence-electron chi connectivity index (χ1n) is 7.98. The molecule has 1 fully saturated rings. The molecular formula is C15H21F2N7. The van der Waals surface area contributed by atoms with Gasteiger partial charge in [0.05, 0.1) is 11.9 Å². The fraction of sp³-hybridized carbons (Fsp3) is 0.533. The van der Waals surface area contributed by atoms with Gasteiger partial charge in [-0.1, -0.05) is 0 Å². The second kappa shape index (κ2) is 7.52. The standard InChI is InChI=1S/C15H21F2N7/c1-10-5-20-15(22-12-7-21-24(8-12)9-13(16)17)23-14(10)19-6-11-3-2-4-18-11/h5,7-8,11,13,18H,2-4,6,9H2,1H3,(H2,19,20,22,23)/t11-/m1/s1. The summed E-state index contributed by atoms with van der Waals surface area (Å²) in [5.41, 5.74) is 1.52. The lowest BCUT2D eigenvalue weighted by Crippen LogP contribution is -2.29. The van der Waals surface area contributed by atoms with Crippen LogP contribution in [0.4, 0.5) is 26.2 Å². The zero-order valence-electron chi connectivity index (χ0n) is 13.5. The maximum absolute atomic E-state index is 12.3. The number of aromatic nitrogens is 4. The van der Waals surface area contributed by atoms with E-state index in [0.717, 1.165) is 30.9 Å². The van der Waals surface area contributed by atoms with Gasteiger partial charge in [-0.05, 0) is 26.3 Å². The van der Waals surface area contributed by atoms with Gasteiger partial charge in [0.25, 0.3) is 6.43 Å². The zero-order chi connectivity index (χ0) is 16.9. The monoisotopic (exact) mass is 337 g/mol. The summed E-state index contributed by atoms with van der Waals surface area (Å²) >= 11 is 0. The number of hydrogen-bond donors (Lipinski definition) is 3. The Kier molecular flexibility index (Phi) is 5.19. The molecule has 1 saturated heterocycles. The molecule has 3 N–H and O–H groups in total. The van der Waals surface area contributed by atoms with Crippen molar-refractivity contribution in [1.82, 2.24) is 25.1 Å². The molecule has 2 aromatic heterocycles. The van der Waals surface area contributed by atoms with E-state index >= 15 is 0 Å². The van der Waals surface area contributed by atoms with Crippen molar-refractivity contribution in [3.8, 4) is 0 Å². The van der Waals surface area contributed by atoms with Gasteiger partial charge in [-0.3, -0.25) is 4.68 Å². The number of alkyl halides is 2. The van der Waals surface area contributed by atoms with Crippen LogP contribution in [0.2, 0.25) is 0 Å². The molecule has 0 unspecified atom stereocenters. The van der Waals surface area contributed by atoms with Crippen LogP contribution in [0.25, 0.3) is 0 Å². The zero-order valence-corrected chi connectivity index (χ0v) is 13.5. The quantitative estimate of drug-likeness (QED) is 0.718. The average molecular weight is 337 g/mol. The van der Waals surface area contributed by atoms with Gasteiger partial charge in [-0.15, -0.1) is 0 Å². The molecule has 1 atom stereocenters. The summed E-state index contributed by atoms with van der Waals surface area (Å²) in [7, 11) is 0. The highest BCUT2D eigenvalue weighted by Gasteiger charge is 2.14. The molecule has 2 aromatic rings. The van der Waals surface area contributed by atoms with Gasteiger partial charge in [-0.25, -0.2) is 13.8 Å². The number of rotatable bonds is 7.